The van der Waals surface area contributed by atoms with Crippen molar-refractivity contribution >= 4 is 23.1 Å². The maximum atomic E-state index is 5.85. The van der Waals surface area contributed by atoms with Gasteiger partial charge in [0, 0.05) is 11.6 Å². The van der Waals surface area contributed by atoms with Gasteiger partial charge in [0.25, 0.3) is 0 Å². The lowest BCUT2D eigenvalue weighted by atomic mass is 9.49. The number of rotatable bonds is 2. The lowest BCUT2D eigenvalue weighted by molar-refractivity contribution is -0.00736. The van der Waals surface area contributed by atoms with Crippen LogP contribution in [0.5, 0.6) is 0 Å². The summed E-state index contributed by atoms with van der Waals surface area (Å²) in [6.07, 6.45) is 12.1. The first kappa shape index (κ1) is 13.4. The van der Waals surface area contributed by atoms with Crippen molar-refractivity contribution in [2.75, 3.05) is 0 Å². The Morgan fingerprint density at radius 1 is 1.00 bits per heavy atom. The lowest BCUT2D eigenvalue weighted by Gasteiger charge is -2.56. The molecule has 0 saturated heterocycles. The van der Waals surface area contributed by atoms with Gasteiger partial charge in [-0.05, 0) is 79.4 Å². The molecule has 4 fully saturated rings. The van der Waals surface area contributed by atoms with E-state index in [1.165, 1.54) is 55.8 Å². The van der Waals surface area contributed by atoms with E-state index >= 15 is 0 Å². The molecule has 0 aliphatic heterocycles. The molecule has 0 spiro atoms. The summed E-state index contributed by atoms with van der Waals surface area (Å²) in [4.78, 5) is 13.5. The van der Waals surface area contributed by atoms with Gasteiger partial charge in [-0.25, -0.2) is 9.97 Å². The number of halogens is 1. The van der Waals surface area contributed by atoms with Crippen LogP contribution in [0.15, 0.2) is 12.4 Å². The van der Waals surface area contributed by atoms with E-state index in [2.05, 4.69) is 14.3 Å². The maximum Gasteiger partial charge on any atom is 0.203 e. The highest BCUT2D eigenvalue weighted by Gasteiger charge is 2.52. The molecule has 4 aliphatic carbocycles. The van der Waals surface area contributed by atoms with Gasteiger partial charge in [0.2, 0.25) is 4.47 Å². The Morgan fingerprint density at radius 3 is 2.18 bits per heavy atom. The molecule has 2 aromatic heterocycles. The molecule has 4 aliphatic rings. The fourth-order valence-corrected chi connectivity index (χ4v) is 6.06. The van der Waals surface area contributed by atoms with Gasteiger partial charge in [-0.15, -0.1) is 0 Å². The molecule has 114 valence electrons. The monoisotopic (exact) mass is 332 g/mol. The topological polar surface area (TPSA) is 51.6 Å². The molecule has 6 heteroatoms. The summed E-state index contributed by atoms with van der Waals surface area (Å²) in [5, 5.41) is 0. The lowest BCUT2D eigenvalue weighted by Crippen LogP contribution is -2.49. The van der Waals surface area contributed by atoms with Gasteiger partial charge in [0.05, 0.1) is 11.9 Å². The van der Waals surface area contributed by atoms with Crippen LogP contribution < -0.4 is 0 Å². The Labute approximate surface area is 138 Å². The van der Waals surface area contributed by atoms with Gasteiger partial charge in [0.1, 0.15) is 5.69 Å². The van der Waals surface area contributed by atoms with Crippen molar-refractivity contribution in [3.05, 3.63) is 22.6 Å². The zero-order valence-electron chi connectivity index (χ0n) is 12.2. The molecule has 4 saturated carbocycles. The molecular weight excluding hydrogens is 316 g/mol. The number of nitrogens with zero attached hydrogens (tertiary/aromatic N) is 4. The molecule has 6 rings (SSSR count). The van der Waals surface area contributed by atoms with Crippen LogP contribution in [0.25, 0.3) is 11.5 Å². The molecule has 22 heavy (non-hydrogen) atoms. The van der Waals surface area contributed by atoms with E-state index in [1.807, 2.05) is 12.4 Å². The van der Waals surface area contributed by atoms with Gasteiger partial charge in [0.15, 0.2) is 5.82 Å². The van der Waals surface area contributed by atoms with Crippen LogP contribution in [-0.4, -0.2) is 19.3 Å². The first-order chi connectivity index (χ1) is 10.7. The summed E-state index contributed by atoms with van der Waals surface area (Å²) in [7, 11) is 0. The third-order valence-corrected chi connectivity index (χ3v) is 6.66. The molecule has 0 radical (unpaired) electrons. The molecule has 4 bridgehead atoms. The third-order valence-electron chi connectivity index (χ3n) is 5.86. The second-order valence-corrected chi connectivity index (χ2v) is 8.69. The third kappa shape index (κ3) is 2.02. The minimum absolute atomic E-state index is 0.299. The highest BCUT2D eigenvalue weighted by atomic mass is 35.5. The number of aromatic nitrogens is 4. The SMILES string of the molecule is Clc1nc(-c2cnc(C34CC5CC(CC(C5)C3)C4)cn2)ns1. The Bertz CT molecular complexity index is 676. The van der Waals surface area contributed by atoms with Crippen LogP contribution in [0.2, 0.25) is 4.47 Å². The van der Waals surface area contributed by atoms with Crippen molar-refractivity contribution < 1.29 is 0 Å². The van der Waals surface area contributed by atoms with Crippen LogP contribution in [-0.2, 0) is 5.41 Å². The largest absolute Gasteiger partial charge is 0.257 e. The van der Waals surface area contributed by atoms with Crippen LogP contribution >= 0.6 is 23.1 Å². The number of hydrogen-bond acceptors (Lipinski definition) is 5. The van der Waals surface area contributed by atoms with Crippen molar-refractivity contribution in [1.82, 2.24) is 19.3 Å². The Kier molecular flexibility index (Phi) is 2.87. The maximum absolute atomic E-state index is 5.85. The fourth-order valence-electron chi connectivity index (χ4n) is 5.45. The number of hydrogen-bond donors (Lipinski definition) is 0. The van der Waals surface area contributed by atoms with Crippen molar-refractivity contribution in [3.63, 3.8) is 0 Å². The van der Waals surface area contributed by atoms with Gasteiger partial charge < -0.3 is 0 Å². The van der Waals surface area contributed by atoms with Gasteiger partial charge in [-0.1, -0.05) is 0 Å². The molecular formula is C16H17ClN4S. The van der Waals surface area contributed by atoms with E-state index < -0.39 is 0 Å². The Hall–Kier alpha value is -1.07. The van der Waals surface area contributed by atoms with Crippen LogP contribution in [0, 0.1) is 17.8 Å². The predicted octanol–water partition coefficient (Wildman–Crippen LogP) is 4.12. The smallest absolute Gasteiger partial charge is 0.203 e. The zero-order chi connectivity index (χ0) is 14.7. The standard InChI is InChI=1S/C16H17ClN4S/c17-15-20-14(21-22-15)12-7-19-13(8-18-12)16-4-9-1-10(5-16)3-11(2-9)6-16/h7-11H,1-6H2. The quantitative estimate of drug-likeness (QED) is 0.830. The Morgan fingerprint density at radius 2 is 1.68 bits per heavy atom. The van der Waals surface area contributed by atoms with E-state index in [0.717, 1.165) is 23.4 Å². The second-order valence-electron chi connectivity index (χ2n) is 7.36. The summed E-state index contributed by atoms with van der Waals surface area (Å²) in [5.74, 6) is 3.35. The molecule has 0 unspecified atom stereocenters. The minimum atomic E-state index is 0.299. The summed E-state index contributed by atoms with van der Waals surface area (Å²) in [6, 6.07) is 0. The first-order valence-corrected chi connectivity index (χ1v) is 9.17. The van der Waals surface area contributed by atoms with Gasteiger partial charge in [-0.3, -0.25) is 4.98 Å². The summed E-state index contributed by atoms with van der Waals surface area (Å²) < 4.78 is 4.65. The Balaban J connectivity index is 1.48. The van der Waals surface area contributed by atoms with E-state index in [0.29, 0.717) is 15.7 Å². The van der Waals surface area contributed by atoms with Crippen molar-refractivity contribution in [2.45, 2.75) is 43.9 Å². The molecule has 0 N–H and O–H groups in total. The normalized spacial score (nSPS) is 36.0. The summed E-state index contributed by atoms with van der Waals surface area (Å²) in [6.45, 7) is 0. The van der Waals surface area contributed by atoms with Crippen LogP contribution in [0.1, 0.15) is 44.2 Å². The molecule has 2 heterocycles. The predicted molar refractivity (Wildman–Crippen MR) is 85.8 cm³/mol. The fraction of sp³-hybridized carbons (Fsp3) is 0.625. The minimum Gasteiger partial charge on any atom is -0.257 e. The van der Waals surface area contributed by atoms with Crippen molar-refractivity contribution in [1.29, 1.82) is 0 Å². The highest BCUT2D eigenvalue weighted by molar-refractivity contribution is 7.10. The average molecular weight is 333 g/mol. The van der Waals surface area contributed by atoms with E-state index in [9.17, 15) is 0 Å². The van der Waals surface area contributed by atoms with E-state index in [4.69, 9.17) is 16.6 Å². The average Bonchev–Trinajstić information content (AvgIpc) is 2.93. The molecule has 2 aromatic rings. The zero-order valence-corrected chi connectivity index (χ0v) is 13.8. The van der Waals surface area contributed by atoms with Gasteiger partial charge in [-0.2, -0.15) is 4.37 Å². The highest BCUT2D eigenvalue weighted by Crippen LogP contribution is 2.60. The molecule has 4 nitrogen and oxygen atoms in total. The first-order valence-electron chi connectivity index (χ1n) is 8.02. The molecule has 0 amide bonds. The summed E-state index contributed by atoms with van der Waals surface area (Å²) in [5.41, 5.74) is 2.21. The van der Waals surface area contributed by atoms with Crippen molar-refractivity contribution in [2.24, 2.45) is 17.8 Å². The summed E-state index contributed by atoms with van der Waals surface area (Å²) >= 11 is 7.04. The van der Waals surface area contributed by atoms with Crippen molar-refractivity contribution in [3.8, 4) is 11.5 Å². The molecule has 0 aromatic carbocycles. The van der Waals surface area contributed by atoms with Crippen LogP contribution in [0.3, 0.4) is 0 Å². The van der Waals surface area contributed by atoms with E-state index in [1.54, 1.807) is 0 Å². The van der Waals surface area contributed by atoms with E-state index in [-0.39, 0.29) is 0 Å². The van der Waals surface area contributed by atoms with Crippen LogP contribution in [0.4, 0.5) is 0 Å². The second kappa shape index (κ2) is 4.71. The van der Waals surface area contributed by atoms with Gasteiger partial charge >= 0.3 is 0 Å². The molecule has 0 atom stereocenters.